The molecule has 26 heavy (non-hydrogen) atoms. The van der Waals surface area contributed by atoms with Crippen LogP contribution in [0.4, 0.5) is 5.13 Å². The van der Waals surface area contributed by atoms with Gasteiger partial charge in [0.15, 0.2) is 5.13 Å². The van der Waals surface area contributed by atoms with Gasteiger partial charge in [-0.1, -0.05) is 45.9 Å². The highest BCUT2D eigenvalue weighted by Gasteiger charge is 2.15. The van der Waals surface area contributed by atoms with E-state index in [1.807, 2.05) is 5.38 Å². The number of carbonyl (C=O) groups is 2. The Bertz CT molecular complexity index is 784. The lowest BCUT2D eigenvalue weighted by atomic mass is 9.90. The Morgan fingerprint density at radius 2 is 1.88 bits per heavy atom. The molecule has 2 aromatic rings. The van der Waals surface area contributed by atoms with E-state index in [0.717, 1.165) is 11.3 Å². The number of aromatic nitrogens is 1. The lowest BCUT2D eigenvalue weighted by Crippen LogP contribution is -2.36. The van der Waals surface area contributed by atoms with Crippen LogP contribution < -0.4 is 16.4 Å². The minimum absolute atomic E-state index is 0.120. The van der Waals surface area contributed by atoms with Crippen molar-refractivity contribution in [3.63, 3.8) is 0 Å². The van der Waals surface area contributed by atoms with E-state index in [2.05, 4.69) is 61.5 Å². The quantitative estimate of drug-likeness (QED) is 0.694. The number of hydrogen-bond donors (Lipinski definition) is 3. The first-order chi connectivity index (χ1) is 12.3. The zero-order chi connectivity index (χ0) is 19.3. The fourth-order valence-corrected chi connectivity index (χ4v) is 3.25. The summed E-state index contributed by atoms with van der Waals surface area (Å²) in [7, 11) is 0. The summed E-state index contributed by atoms with van der Waals surface area (Å²) in [6, 6.07) is 6.48. The van der Waals surface area contributed by atoms with Gasteiger partial charge in [-0.25, -0.2) is 4.98 Å². The zero-order valence-corrected chi connectivity index (χ0v) is 16.4. The SMILES string of the molecule is CC(C)c1ccc(-c2csc(NC(=O)CNC(=O)CN)n2)c(C(C)C)c1. The van der Waals surface area contributed by atoms with Gasteiger partial charge in [0.25, 0.3) is 0 Å². The van der Waals surface area contributed by atoms with Gasteiger partial charge < -0.3 is 16.4 Å². The van der Waals surface area contributed by atoms with Crippen LogP contribution in [0.3, 0.4) is 0 Å². The first-order valence-electron chi connectivity index (χ1n) is 8.68. The predicted molar refractivity (Wildman–Crippen MR) is 106 cm³/mol. The number of anilines is 1. The maximum atomic E-state index is 11.9. The Morgan fingerprint density at radius 1 is 1.15 bits per heavy atom. The van der Waals surface area contributed by atoms with Gasteiger partial charge in [0.05, 0.1) is 18.8 Å². The molecule has 2 rings (SSSR count). The standard InChI is InChI=1S/C19H26N4O2S/c1-11(2)13-5-6-14(15(7-13)12(3)4)16-10-26-19(22-16)23-18(25)9-21-17(24)8-20/h5-7,10-12H,8-9,20H2,1-4H3,(H,21,24)(H,22,23,25). The van der Waals surface area contributed by atoms with Crippen LogP contribution in [0, 0.1) is 0 Å². The molecule has 140 valence electrons. The minimum atomic E-state index is -0.369. The number of amides is 2. The maximum absolute atomic E-state index is 11.9. The summed E-state index contributed by atoms with van der Waals surface area (Å²) in [6.07, 6.45) is 0. The lowest BCUT2D eigenvalue weighted by Gasteiger charge is -2.15. The summed E-state index contributed by atoms with van der Waals surface area (Å²) in [5.41, 5.74) is 9.66. The van der Waals surface area contributed by atoms with Crippen molar-refractivity contribution in [2.75, 3.05) is 18.4 Å². The Labute approximate surface area is 158 Å². The van der Waals surface area contributed by atoms with Gasteiger partial charge in [-0.05, 0) is 23.0 Å². The van der Waals surface area contributed by atoms with Crippen LogP contribution in [0.1, 0.15) is 50.7 Å². The Balaban J connectivity index is 2.16. The molecule has 1 heterocycles. The molecule has 0 saturated heterocycles. The second kappa shape index (κ2) is 8.91. The van der Waals surface area contributed by atoms with Gasteiger partial charge in [0, 0.05) is 10.9 Å². The van der Waals surface area contributed by atoms with Crippen molar-refractivity contribution in [2.24, 2.45) is 5.73 Å². The lowest BCUT2D eigenvalue weighted by molar-refractivity contribution is -0.123. The molecule has 4 N–H and O–H groups in total. The summed E-state index contributed by atoms with van der Waals surface area (Å²) in [5, 5.41) is 7.58. The molecule has 2 amide bonds. The van der Waals surface area contributed by atoms with Crippen LogP contribution >= 0.6 is 11.3 Å². The fraction of sp³-hybridized carbons (Fsp3) is 0.421. The molecule has 0 aliphatic carbocycles. The van der Waals surface area contributed by atoms with Crippen molar-refractivity contribution in [2.45, 2.75) is 39.5 Å². The number of nitrogens with zero attached hydrogens (tertiary/aromatic N) is 1. The van der Waals surface area contributed by atoms with Gasteiger partial charge in [-0.2, -0.15) is 0 Å². The summed E-state index contributed by atoms with van der Waals surface area (Å²) in [4.78, 5) is 27.5. The highest BCUT2D eigenvalue weighted by molar-refractivity contribution is 7.14. The summed E-state index contributed by atoms with van der Waals surface area (Å²) >= 11 is 1.36. The summed E-state index contributed by atoms with van der Waals surface area (Å²) < 4.78 is 0. The number of thiazole rings is 1. The van der Waals surface area contributed by atoms with E-state index in [1.165, 1.54) is 22.5 Å². The molecule has 0 radical (unpaired) electrons. The number of carbonyl (C=O) groups excluding carboxylic acids is 2. The normalized spacial score (nSPS) is 11.0. The van der Waals surface area contributed by atoms with Crippen LogP contribution in [0.2, 0.25) is 0 Å². The second-order valence-corrected chi connectivity index (χ2v) is 7.58. The molecule has 0 fully saturated rings. The molecule has 6 nitrogen and oxygen atoms in total. The third kappa shape index (κ3) is 5.12. The number of benzene rings is 1. The van der Waals surface area contributed by atoms with Crippen LogP contribution in [0.25, 0.3) is 11.3 Å². The topological polar surface area (TPSA) is 97.1 Å². The third-order valence-corrected chi connectivity index (χ3v) is 4.78. The number of hydrogen-bond acceptors (Lipinski definition) is 5. The van der Waals surface area contributed by atoms with Gasteiger partial charge >= 0.3 is 0 Å². The Morgan fingerprint density at radius 3 is 2.50 bits per heavy atom. The Kier molecular flexibility index (Phi) is 6.88. The van der Waals surface area contributed by atoms with E-state index in [-0.39, 0.29) is 24.9 Å². The van der Waals surface area contributed by atoms with E-state index in [9.17, 15) is 9.59 Å². The van der Waals surface area contributed by atoms with Crippen molar-refractivity contribution >= 4 is 28.3 Å². The zero-order valence-electron chi connectivity index (χ0n) is 15.6. The monoisotopic (exact) mass is 374 g/mol. The first kappa shape index (κ1) is 20.1. The molecule has 0 saturated carbocycles. The smallest absolute Gasteiger partial charge is 0.245 e. The summed E-state index contributed by atoms with van der Waals surface area (Å²) in [6.45, 7) is 8.43. The first-order valence-corrected chi connectivity index (χ1v) is 9.56. The van der Waals surface area contributed by atoms with E-state index < -0.39 is 0 Å². The number of nitrogens with one attached hydrogen (secondary N) is 2. The van der Waals surface area contributed by atoms with E-state index in [0.29, 0.717) is 17.0 Å². The molecule has 0 aliphatic heterocycles. The van der Waals surface area contributed by atoms with Gasteiger partial charge in [-0.15, -0.1) is 11.3 Å². The number of nitrogens with two attached hydrogens (primary N) is 1. The molecule has 1 aromatic heterocycles. The molecule has 0 atom stereocenters. The number of rotatable bonds is 7. The van der Waals surface area contributed by atoms with Crippen molar-refractivity contribution in [3.05, 3.63) is 34.7 Å². The van der Waals surface area contributed by atoms with Gasteiger partial charge in [-0.3, -0.25) is 9.59 Å². The molecular weight excluding hydrogens is 348 g/mol. The highest BCUT2D eigenvalue weighted by Crippen LogP contribution is 2.33. The molecule has 0 bridgehead atoms. The minimum Gasteiger partial charge on any atom is -0.346 e. The summed E-state index contributed by atoms with van der Waals surface area (Å²) in [5.74, 6) is 0.143. The van der Waals surface area contributed by atoms with E-state index in [4.69, 9.17) is 5.73 Å². The van der Waals surface area contributed by atoms with Crippen molar-refractivity contribution < 1.29 is 9.59 Å². The van der Waals surface area contributed by atoms with E-state index in [1.54, 1.807) is 0 Å². The van der Waals surface area contributed by atoms with Crippen molar-refractivity contribution in [1.82, 2.24) is 10.3 Å². The van der Waals surface area contributed by atoms with Crippen LogP contribution in [-0.2, 0) is 9.59 Å². The van der Waals surface area contributed by atoms with Gasteiger partial charge in [0.2, 0.25) is 11.8 Å². The van der Waals surface area contributed by atoms with Crippen LogP contribution in [0.5, 0.6) is 0 Å². The molecule has 1 aromatic carbocycles. The highest BCUT2D eigenvalue weighted by atomic mass is 32.1. The van der Waals surface area contributed by atoms with Crippen LogP contribution in [0.15, 0.2) is 23.6 Å². The molecule has 0 aliphatic rings. The predicted octanol–water partition coefficient (Wildman–Crippen LogP) is 3.07. The van der Waals surface area contributed by atoms with Gasteiger partial charge in [0.1, 0.15) is 0 Å². The molecule has 7 heteroatoms. The average Bonchev–Trinajstić information content (AvgIpc) is 3.07. The largest absolute Gasteiger partial charge is 0.346 e. The van der Waals surface area contributed by atoms with Crippen molar-refractivity contribution in [1.29, 1.82) is 0 Å². The third-order valence-electron chi connectivity index (χ3n) is 4.02. The molecule has 0 spiro atoms. The maximum Gasteiger partial charge on any atom is 0.245 e. The molecular formula is C19H26N4O2S. The van der Waals surface area contributed by atoms with E-state index >= 15 is 0 Å². The second-order valence-electron chi connectivity index (χ2n) is 6.72. The molecule has 0 unspecified atom stereocenters. The van der Waals surface area contributed by atoms with Crippen molar-refractivity contribution in [3.8, 4) is 11.3 Å². The average molecular weight is 375 g/mol. The fourth-order valence-electron chi connectivity index (χ4n) is 2.52. The Hall–Kier alpha value is -2.25. The van der Waals surface area contributed by atoms with Crippen LogP contribution in [-0.4, -0.2) is 29.9 Å².